The Morgan fingerprint density at radius 1 is 1.29 bits per heavy atom. The maximum atomic E-state index is 5.84. The summed E-state index contributed by atoms with van der Waals surface area (Å²) >= 11 is 0. The zero-order valence-electron chi connectivity index (χ0n) is 10.8. The lowest BCUT2D eigenvalue weighted by Gasteiger charge is -2.34. The predicted octanol–water partition coefficient (Wildman–Crippen LogP) is 2.81. The van der Waals surface area contributed by atoms with Crippen molar-refractivity contribution in [1.29, 1.82) is 0 Å². The molecule has 0 spiro atoms. The third-order valence-electron chi connectivity index (χ3n) is 3.52. The highest BCUT2D eigenvalue weighted by Gasteiger charge is 2.26. The monoisotopic (exact) mass is 234 g/mol. The summed E-state index contributed by atoms with van der Waals surface area (Å²) in [5.41, 5.74) is 9.33. The number of rotatable bonds is 3. The van der Waals surface area contributed by atoms with Gasteiger partial charge >= 0.3 is 0 Å². The summed E-state index contributed by atoms with van der Waals surface area (Å²) < 4.78 is 5.41. The highest BCUT2D eigenvalue weighted by Crippen LogP contribution is 2.30. The zero-order chi connectivity index (χ0) is 12.3. The van der Waals surface area contributed by atoms with E-state index in [0.717, 1.165) is 44.0 Å². The first kappa shape index (κ1) is 12.2. The van der Waals surface area contributed by atoms with E-state index in [4.69, 9.17) is 10.5 Å². The standard InChI is InChI=1S/C14H22N2O/c1-11-7-12(15)9-13(8-11)16-10-14(2)3-5-17-6-4-14/h7-9,16H,3-6,10,15H2,1-2H3. The van der Waals surface area contributed by atoms with Crippen molar-refractivity contribution in [2.45, 2.75) is 26.7 Å². The minimum atomic E-state index is 0.344. The number of benzene rings is 1. The van der Waals surface area contributed by atoms with E-state index < -0.39 is 0 Å². The summed E-state index contributed by atoms with van der Waals surface area (Å²) in [5, 5.41) is 3.50. The molecule has 1 heterocycles. The highest BCUT2D eigenvalue weighted by molar-refractivity contribution is 5.56. The molecule has 0 saturated carbocycles. The van der Waals surface area contributed by atoms with Gasteiger partial charge in [0, 0.05) is 31.1 Å². The highest BCUT2D eigenvalue weighted by atomic mass is 16.5. The van der Waals surface area contributed by atoms with E-state index in [0.29, 0.717) is 5.41 Å². The third kappa shape index (κ3) is 3.37. The molecule has 1 aromatic carbocycles. The molecule has 0 unspecified atom stereocenters. The predicted molar refractivity (Wildman–Crippen MR) is 72.2 cm³/mol. The largest absolute Gasteiger partial charge is 0.399 e. The Balaban J connectivity index is 1.96. The number of anilines is 2. The molecule has 0 aromatic heterocycles. The maximum Gasteiger partial charge on any atom is 0.0471 e. The van der Waals surface area contributed by atoms with Gasteiger partial charge in [-0.2, -0.15) is 0 Å². The number of nitrogen functional groups attached to an aromatic ring is 1. The lowest BCUT2D eigenvalue weighted by Crippen LogP contribution is -2.33. The van der Waals surface area contributed by atoms with Gasteiger partial charge in [-0.3, -0.25) is 0 Å². The fraction of sp³-hybridized carbons (Fsp3) is 0.571. The summed E-state index contributed by atoms with van der Waals surface area (Å²) in [4.78, 5) is 0. The van der Waals surface area contributed by atoms with Crippen LogP contribution in [0, 0.1) is 12.3 Å². The molecular weight excluding hydrogens is 212 g/mol. The average Bonchev–Trinajstić information content (AvgIpc) is 2.26. The summed E-state index contributed by atoms with van der Waals surface area (Å²) in [6.45, 7) is 7.14. The lowest BCUT2D eigenvalue weighted by atomic mass is 9.82. The molecule has 1 saturated heterocycles. The lowest BCUT2D eigenvalue weighted by molar-refractivity contribution is 0.0300. The van der Waals surface area contributed by atoms with E-state index in [2.05, 4.69) is 25.2 Å². The normalized spacial score (nSPS) is 18.9. The van der Waals surface area contributed by atoms with Gasteiger partial charge in [-0.1, -0.05) is 6.92 Å². The first-order valence-corrected chi connectivity index (χ1v) is 6.26. The molecule has 1 aliphatic heterocycles. The quantitative estimate of drug-likeness (QED) is 0.791. The molecule has 0 atom stereocenters. The SMILES string of the molecule is Cc1cc(N)cc(NCC2(C)CCOCC2)c1. The Morgan fingerprint density at radius 3 is 2.65 bits per heavy atom. The fourth-order valence-corrected chi connectivity index (χ4v) is 2.27. The average molecular weight is 234 g/mol. The van der Waals surface area contributed by atoms with Crippen LogP contribution in [-0.2, 0) is 4.74 Å². The molecule has 1 aromatic rings. The molecule has 3 heteroatoms. The summed E-state index contributed by atoms with van der Waals surface area (Å²) in [6.07, 6.45) is 2.25. The second kappa shape index (κ2) is 4.96. The van der Waals surface area contributed by atoms with Gasteiger partial charge in [0.15, 0.2) is 0 Å². The molecule has 0 amide bonds. The van der Waals surface area contributed by atoms with E-state index in [1.807, 2.05) is 12.1 Å². The number of aryl methyl sites for hydroxylation is 1. The van der Waals surface area contributed by atoms with Crippen molar-refractivity contribution in [3.8, 4) is 0 Å². The summed E-state index contributed by atoms with van der Waals surface area (Å²) in [6, 6.07) is 6.12. The Morgan fingerprint density at radius 2 is 2.00 bits per heavy atom. The van der Waals surface area contributed by atoms with Crippen LogP contribution in [-0.4, -0.2) is 19.8 Å². The zero-order valence-corrected chi connectivity index (χ0v) is 10.8. The van der Waals surface area contributed by atoms with Crippen molar-refractivity contribution >= 4 is 11.4 Å². The van der Waals surface area contributed by atoms with Crippen molar-refractivity contribution < 1.29 is 4.74 Å². The smallest absolute Gasteiger partial charge is 0.0471 e. The van der Waals surface area contributed by atoms with Crippen LogP contribution >= 0.6 is 0 Å². The van der Waals surface area contributed by atoms with E-state index in [1.54, 1.807) is 0 Å². The van der Waals surface area contributed by atoms with Gasteiger partial charge in [0.1, 0.15) is 0 Å². The minimum absolute atomic E-state index is 0.344. The van der Waals surface area contributed by atoms with Crippen LogP contribution in [0.3, 0.4) is 0 Å². The molecule has 3 nitrogen and oxygen atoms in total. The third-order valence-corrected chi connectivity index (χ3v) is 3.52. The first-order valence-electron chi connectivity index (χ1n) is 6.26. The molecule has 1 aliphatic rings. The Kier molecular flexibility index (Phi) is 3.57. The van der Waals surface area contributed by atoms with Crippen LogP contribution in [0.5, 0.6) is 0 Å². The first-order chi connectivity index (χ1) is 8.07. The molecule has 17 heavy (non-hydrogen) atoms. The number of nitrogens with two attached hydrogens (primary N) is 1. The van der Waals surface area contributed by atoms with Gasteiger partial charge in [-0.25, -0.2) is 0 Å². The van der Waals surface area contributed by atoms with E-state index in [9.17, 15) is 0 Å². The molecule has 0 aliphatic carbocycles. The molecule has 94 valence electrons. The topological polar surface area (TPSA) is 47.3 Å². The van der Waals surface area contributed by atoms with Crippen molar-refractivity contribution in [3.63, 3.8) is 0 Å². The summed E-state index contributed by atoms with van der Waals surface area (Å²) in [5.74, 6) is 0. The molecular formula is C14H22N2O. The van der Waals surface area contributed by atoms with Crippen molar-refractivity contribution in [2.75, 3.05) is 30.8 Å². The van der Waals surface area contributed by atoms with Crippen LogP contribution < -0.4 is 11.1 Å². The van der Waals surface area contributed by atoms with Crippen LogP contribution in [0.2, 0.25) is 0 Å². The molecule has 1 fully saturated rings. The Bertz CT molecular complexity index is 364. The molecule has 3 N–H and O–H groups in total. The van der Waals surface area contributed by atoms with Gasteiger partial charge in [0.05, 0.1) is 0 Å². The number of hydrogen-bond donors (Lipinski definition) is 2. The second-order valence-corrected chi connectivity index (χ2v) is 5.41. The Hall–Kier alpha value is -1.22. The number of nitrogens with one attached hydrogen (secondary N) is 1. The van der Waals surface area contributed by atoms with Crippen LogP contribution in [0.25, 0.3) is 0 Å². The second-order valence-electron chi connectivity index (χ2n) is 5.41. The molecule has 2 rings (SSSR count). The number of ether oxygens (including phenoxy) is 1. The van der Waals surface area contributed by atoms with Crippen LogP contribution in [0.1, 0.15) is 25.3 Å². The van der Waals surface area contributed by atoms with Gasteiger partial charge in [-0.15, -0.1) is 0 Å². The van der Waals surface area contributed by atoms with Gasteiger partial charge in [0.25, 0.3) is 0 Å². The van der Waals surface area contributed by atoms with E-state index in [1.165, 1.54) is 5.56 Å². The maximum absolute atomic E-state index is 5.84. The van der Waals surface area contributed by atoms with Gasteiger partial charge < -0.3 is 15.8 Å². The van der Waals surface area contributed by atoms with Gasteiger partial charge in [0.2, 0.25) is 0 Å². The fourth-order valence-electron chi connectivity index (χ4n) is 2.27. The van der Waals surface area contributed by atoms with Crippen LogP contribution in [0.4, 0.5) is 11.4 Å². The van der Waals surface area contributed by atoms with E-state index in [-0.39, 0.29) is 0 Å². The van der Waals surface area contributed by atoms with Crippen molar-refractivity contribution in [2.24, 2.45) is 5.41 Å². The minimum Gasteiger partial charge on any atom is -0.399 e. The molecule has 0 bridgehead atoms. The number of hydrogen-bond acceptors (Lipinski definition) is 3. The van der Waals surface area contributed by atoms with Gasteiger partial charge in [-0.05, 0) is 48.9 Å². The van der Waals surface area contributed by atoms with Crippen LogP contribution in [0.15, 0.2) is 18.2 Å². The molecule has 0 radical (unpaired) electrons. The van der Waals surface area contributed by atoms with Crippen molar-refractivity contribution in [3.05, 3.63) is 23.8 Å². The van der Waals surface area contributed by atoms with E-state index >= 15 is 0 Å². The summed E-state index contributed by atoms with van der Waals surface area (Å²) in [7, 11) is 0. The van der Waals surface area contributed by atoms with Crippen molar-refractivity contribution in [1.82, 2.24) is 0 Å². The Labute approximate surface area is 103 Å².